The van der Waals surface area contributed by atoms with E-state index >= 15 is 0 Å². The average molecular weight is 362 g/mol. The molecule has 1 aromatic carbocycles. The van der Waals surface area contributed by atoms with Gasteiger partial charge in [-0.25, -0.2) is 9.37 Å². The molecule has 8 heteroatoms. The Morgan fingerprint density at radius 1 is 1.24 bits per heavy atom. The standard InChI is InChI=1S/C17H19FN4O2S/c18-13-5-3-12(4-6-13)14-9-20-17(21-14)25-11-15(23)19-10-16(24)22-7-1-2-8-22/h3-6,9H,1-2,7-8,10-11H2,(H,19,23)(H,20,21). The van der Waals surface area contributed by atoms with Crippen molar-refractivity contribution in [3.8, 4) is 11.3 Å². The van der Waals surface area contributed by atoms with E-state index in [0.29, 0.717) is 5.16 Å². The molecule has 0 aliphatic carbocycles. The zero-order valence-electron chi connectivity index (χ0n) is 13.6. The normalized spacial score (nSPS) is 13.9. The van der Waals surface area contributed by atoms with Gasteiger partial charge in [0.25, 0.3) is 0 Å². The monoisotopic (exact) mass is 362 g/mol. The number of thioether (sulfide) groups is 1. The Hall–Kier alpha value is -2.35. The van der Waals surface area contributed by atoms with Crippen LogP contribution in [0, 0.1) is 5.82 Å². The summed E-state index contributed by atoms with van der Waals surface area (Å²) in [6.07, 6.45) is 3.71. The lowest BCUT2D eigenvalue weighted by atomic mass is 10.2. The first-order chi connectivity index (χ1) is 12.1. The minimum absolute atomic E-state index is 0.0348. The highest BCUT2D eigenvalue weighted by molar-refractivity contribution is 7.99. The van der Waals surface area contributed by atoms with E-state index < -0.39 is 0 Å². The number of rotatable bonds is 6. The Labute approximate surface area is 149 Å². The average Bonchev–Trinajstić information content (AvgIpc) is 3.30. The molecule has 0 unspecified atom stereocenters. The van der Waals surface area contributed by atoms with Crippen molar-refractivity contribution in [1.29, 1.82) is 0 Å². The van der Waals surface area contributed by atoms with Gasteiger partial charge in [0.1, 0.15) is 5.82 Å². The molecule has 2 heterocycles. The topological polar surface area (TPSA) is 78.1 Å². The van der Waals surface area contributed by atoms with E-state index in [4.69, 9.17) is 0 Å². The number of likely N-dealkylation sites (tertiary alicyclic amines) is 1. The highest BCUT2D eigenvalue weighted by Crippen LogP contribution is 2.21. The molecule has 25 heavy (non-hydrogen) atoms. The summed E-state index contributed by atoms with van der Waals surface area (Å²) in [7, 11) is 0. The van der Waals surface area contributed by atoms with Crippen LogP contribution in [0.3, 0.4) is 0 Å². The van der Waals surface area contributed by atoms with Crippen LogP contribution in [0.25, 0.3) is 11.3 Å². The number of amides is 2. The number of halogens is 1. The second-order valence-electron chi connectivity index (χ2n) is 5.76. The first kappa shape index (κ1) is 17.5. The Kier molecular flexibility index (Phi) is 5.70. The van der Waals surface area contributed by atoms with Crippen LogP contribution in [0.4, 0.5) is 4.39 Å². The number of hydrogen-bond acceptors (Lipinski definition) is 4. The summed E-state index contributed by atoms with van der Waals surface area (Å²) in [5, 5.41) is 3.24. The molecule has 0 bridgehead atoms. The molecule has 1 fully saturated rings. The van der Waals surface area contributed by atoms with Gasteiger partial charge in [-0.15, -0.1) is 0 Å². The van der Waals surface area contributed by atoms with Crippen LogP contribution in [0.5, 0.6) is 0 Å². The van der Waals surface area contributed by atoms with Crippen molar-refractivity contribution in [1.82, 2.24) is 20.2 Å². The van der Waals surface area contributed by atoms with Crippen LogP contribution >= 0.6 is 11.8 Å². The van der Waals surface area contributed by atoms with Crippen LogP contribution in [-0.2, 0) is 9.59 Å². The molecular weight excluding hydrogens is 343 g/mol. The van der Waals surface area contributed by atoms with Crippen LogP contribution in [0.15, 0.2) is 35.6 Å². The Morgan fingerprint density at radius 3 is 2.68 bits per heavy atom. The smallest absolute Gasteiger partial charge is 0.241 e. The highest BCUT2D eigenvalue weighted by atomic mass is 32.2. The van der Waals surface area contributed by atoms with Crippen molar-refractivity contribution in [2.45, 2.75) is 18.0 Å². The minimum atomic E-state index is -0.294. The summed E-state index contributed by atoms with van der Waals surface area (Å²) < 4.78 is 12.9. The number of carbonyl (C=O) groups is 2. The molecule has 3 rings (SSSR count). The lowest BCUT2D eigenvalue weighted by molar-refractivity contribution is -0.131. The fraction of sp³-hybridized carbons (Fsp3) is 0.353. The molecule has 6 nitrogen and oxygen atoms in total. The molecule has 1 saturated heterocycles. The van der Waals surface area contributed by atoms with Crippen molar-refractivity contribution in [3.05, 3.63) is 36.3 Å². The zero-order chi connectivity index (χ0) is 17.6. The minimum Gasteiger partial charge on any atom is -0.346 e. The van der Waals surface area contributed by atoms with E-state index in [2.05, 4.69) is 15.3 Å². The van der Waals surface area contributed by atoms with Crippen molar-refractivity contribution >= 4 is 23.6 Å². The molecular formula is C17H19FN4O2S. The molecule has 2 aromatic rings. The van der Waals surface area contributed by atoms with Gasteiger partial charge < -0.3 is 15.2 Å². The summed E-state index contributed by atoms with van der Waals surface area (Å²) in [4.78, 5) is 32.8. The maximum absolute atomic E-state index is 12.9. The number of benzene rings is 1. The highest BCUT2D eigenvalue weighted by Gasteiger charge is 2.18. The molecule has 132 valence electrons. The van der Waals surface area contributed by atoms with E-state index in [1.807, 2.05) is 0 Å². The number of nitrogens with one attached hydrogen (secondary N) is 2. The molecule has 2 N–H and O–H groups in total. The SMILES string of the molecule is O=C(CSc1ncc(-c2ccc(F)cc2)[nH]1)NCC(=O)N1CCCC1. The van der Waals surface area contributed by atoms with Crippen molar-refractivity contribution in [3.63, 3.8) is 0 Å². The van der Waals surface area contributed by atoms with Crippen LogP contribution in [-0.4, -0.2) is 52.1 Å². The van der Waals surface area contributed by atoms with Gasteiger partial charge in [-0.05, 0) is 42.7 Å². The van der Waals surface area contributed by atoms with Gasteiger partial charge in [0.15, 0.2) is 5.16 Å². The fourth-order valence-corrected chi connectivity index (χ4v) is 3.27. The van der Waals surface area contributed by atoms with Gasteiger partial charge in [0.05, 0.1) is 24.2 Å². The van der Waals surface area contributed by atoms with Gasteiger partial charge in [0.2, 0.25) is 11.8 Å². The number of aromatic amines is 1. The van der Waals surface area contributed by atoms with Crippen LogP contribution in [0.2, 0.25) is 0 Å². The predicted octanol–water partition coefficient (Wildman–Crippen LogP) is 2.05. The fourth-order valence-electron chi connectivity index (χ4n) is 2.59. The number of aromatic nitrogens is 2. The summed E-state index contributed by atoms with van der Waals surface area (Å²) in [5.41, 5.74) is 1.58. The molecule has 1 aliphatic rings. The number of carbonyl (C=O) groups excluding carboxylic acids is 2. The summed E-state index contributed by atoms with van der Waals surface area (Å²) in [6.45, 7) is 1.60. The van der Waals surface area contributed by atoms with Crippen molar-refractivity contribution in [2.24, 2.45) is 0 Å². The Balaban J connectivity index is 1.44. The predicted molar refractivity (Wildman–Crippen MR) is 93.5 cm³/mol. The second-order valence-corrected chi connectivity index (χ2v) is 6.73. The Morgan fingerprint density at radius 2 is 1.96 bits per heavy atom. The molecule has 0 saturated carbocycles. The summed E-state index contributed by atoms with van der Waals surface area (Å²) in [5.74, 6) is -0.369. The number of hydrogen-bond donors (Lipinski definition) is 2. The third kappa shape index (κ3) is 4.82. The van der Waals surface area contributed by atoms with E-state index in [-0.39, 0.29) is 29.9 Å². The molecule has 2 amide bonds. The van der Waals surface area contributed by atoms with Gasteiger partial charge in [-0.2, -0.15) is 0 Å². The molecule has 0 spiro atoms. The summed E-state index contributed by atoms with van der Waals surface area (Å²) in [6, 6.07) is 6.09. The quantitative estimate of drug-likeness (QED) is 0.771. The van der Waals surface area contributed by atoms with Crippen LogP contribution in [0.1, 0.15) is 12.8 Å². The molecule has 1 aromatic heterocycles. The number of nitrogens with zero attached hydrogens (tertiary/aromatic N) is 2. The summed E-state index contributed by atoms with van der Waals surface area (Å²) >= 11 is 1.25. The van der Waals surface area contributed by atoms with E-state index in [0.717, 1.165) is 37.2 Å². The van der Waals surface area contributed by atoms with Gasteiger partial charge in [-0.1, -0.05) is 11.8 Å². The zero-order valence-corrected chi connectivity index (χ0v) is 14.4. The molecule has 0 atom stereocenters. The maximum Gasteiger partial charge on any atom is 0.241 e. The number of imidazole rings is 1. The van der Waals surface area contributed by atoms with E-state index in [1.54, 1.807) is 23.2 Å². The number of H-pyrrole nitrogens is 1. The first-order valence-electron chi connectivity index (χ1n) is 8.10. The molecule has 0 radical (unpaired) electrons. The third-order valence-electron chi connectivity index (χ3n) is 3.94. The largest absolute Gasteiger partial charge is 0.346 e. The third-order valence-corrected chi connectivity index (χ3v) is 4.83. The maximum atomic E-state index is 12.9. The van der Waals surface area contributed by atoms with Gasteiger partial charge in [0, 0.05) is 13.1 Å². The van der Waals surface area contributed by atoms with Crippen LogP contribution < -0.4 is 5.32 Å². The van der Waals surface area contributed by atoms with Crippen molar-refractivity contribution < 1.29 is 14.0 Å². The lowest BCUT2D eigenvalue weighted by Crippen LogP contribution is -2.39. The first-order valence-corrected chi connectivity index (χ1v) is 9.08. The second kappa shape index (κ2) is 8.15. The van der Waals surface area contributed by atoms with Gasteiger partial charge in [-0.3, -0.25) is 9.59 Å². The Bertz CT molecular complexity index is 741. The van der Waals surface area contributed by atoms with E-state index in [9.17, 15) is 14.0 Å². The van der Waals surface area contributed by atoms with Crippen molar-refractivity contribution in [2.75, 3.05) is 25.4 Å². The molecule has 1 aliphatic heterocycles. The van der Waals surface area contributed by atoms with Gasteiger partial charge >= 0.3 is 0 Å². The van der Waals surface area contributed by atoms with E-state index in [1.165, 1.54) is 23.9 Å². The lowest BCUT2D eigenvalue weighted by Gasteiger charge is -2.15.